The van der Waals surface area contributed by atoms with Crippen molar-refractivity contribution >= 4 is 29.0 Å². The predicted molar refractivity (Wildman–Crippen MR) is 126 cm³/mol. The molecule has 0 spiro atoms. The van der Waals surface area contributed by atoms with Crippen LogP contribution in [0.1, 0.15) is 44.4 Å². The average molecular weight is 427 g/mol. The van der Waals surface area contributed by atoms with E-state index in [0.29, 0.717) is 60.9 Å². The van der Waals surface area contributed by atoms with Crippen LogP contribution in [0, 0.1) is 12.3 Å². The summed E-state index contributed by atoms with van der Waals surface area (Å²) < 4.78 is 5.47. The van der Waals surface area contributed by atoms with Gasteiger partial charge in [-0.25, -0.2) is 9.97 Å². The summed E-state index contributed by atoms with van der Waals surface area (Å²) in [7, 11) is 0. The Bertz CT molecular complexity index is 880. The largest absolute Gasteiger partial charge is 0.380 e. The number of nitrogens with two attached hydrogens (primary N) is 1. The van der Waals surface area contributed by atoms with Crippen molar-refractivity contribution in [2.24, 2.45) is 5.73 Å². The fraction of sp³-hybridized carbons (Fsp3) is 0.545. The number of nitrogens with one attached hydrogen (secondary N) is 3. The first kappa shape index (κ1) is 22.9. The molecule has 0 aromatic carbocycles. The molecule has 5 N–H and O–H groups in total. The van der Waals surface area contributed by atoms with E-state index >= 15 is 0 Å². The Balaban J connectivity index is 2.00. The molecule has 0 amide bonds. The van der Waals surface area contributed by atoms with Gasteiger partial charge in [-0.1, -0.05) is 6.92 Å². The molecule has 0 saturated carbocycles. The van der Waals surface area contributed by atoms with Gasteiger partial charge in [0.2, 0.25) is 5.95 Å². The maximum absolute atomic E-state index is 8.55. The first-order chi connectivity index (χ1) is 15.0. The lowest BCUT2D eigenvalue weighted by molar-refractivity contribution is 0.158. The van der Waals surface area contributed by atoms with Crippen molar-refractivity contribution in [2.75, 3.05) is 48.4 Å². The Morgan fingerprint density at radius 3 is 2.74 bits per heavy atom. The molecule has 9 nitrogen and oxygen atoms in total. The van der Waals surface area contributed by atoms with Crippen LogP contribution >= 0.6 is 0 Å². The van der Waals surface area contributed by atoms with Crippen LogP contribution in [0.25, 0.3) is 0 Å². The molecule has 3 rings (SSSR count). The molecular formula is C22H34N8O. The number of aromatic nitrogens is 3. The summed E-state index contributed by atoms with van der Waals surface area (Å²) in [6.07, 6.45) is 4.15. The van der Waals surface area contributed by atoms with E-state index in [1.807, 2.05) is 32.9 Å². The lowest BCUT2D eigenvalue weighted by Gasteiger charge is -2.31. The molecular weight excluding hydrogens is 392 g/mol. The number of hydrogen-bond donors (Lipinski definition) is 4. The highest BCUT2D eigenvalue weighted by Crippen LogP contribution is 2.30. The minimum Gasteiger partial charge on any atom is -0.380 e. The van der Waals surface area contributed by atoms with Crippen molar-refractivity contribution in [2.45, 2.75) is 46.1 Å². The third-order valence-electron chi connectivity index (χ3n) is 5.27. The maximum Gasteiger partial charge on any atom is 0.228 e. The second kappa shape index (κ2) is 11.0. The minimum atomic E-state index is 0.221. The van der Waals surface area contributed by atoms with E-state index in [9.17, 15) is 0 Å². The highest BCUT2D eigenvalue weighted by atomic mass is 16.5. The second-order valence-electron chi connectivity index (χ2n) is 7.72. The van der Waals surface area contributed by atoms with Crippen molar-refractivity contribution in [1.29, 1.82) is 5.41 Å². The van der Waals surface area contributed by atoms with Gasteiger partial charge in [-0.15, -0.1) is 0 Å². The van der Waals surface area contributed by atoms with Crippen LogP contribution in [0.2, 0.25) is 0 Å². The molecule has 1 aliphatic rings. The van der Waals surface area contributed by atoms with Gasteiger partial charge >= 0.3 is 0 Å². The zero-order valence-corrected chi connectivity index (χ0v) is 18.7. The van der Waals surface area contributed by atoms with Gasteiger partial charge in [-0.3, -0.25) is 0 Å². The molecule has 168 valence electrons. The zero-order chi connectivity index (χ0) is 22.2. The number of piperidine rings is 1. The van der Waals surface area contributed by atoms with Gasteiger partial charge in [-0.2, -0.15) is 4.98 Å². The number of ether oxygens (including phenoxy) is 1. The monoisotopic (exact) mass is 426 g/mol. The Morgan fingerprint density at radius 2 is 2.06 bits per heavy atom. The molecule has 0 unspecified atom stereocenters. The average Bonchev–Trinajstić information content (AvgIpc) is 2.77. The molecule has 0 aliphatic carbocycles. The molecule has 0 bridgehead atoms. The number of anilines is 4. The van der Waals surface area contributed by atoms with E-state index < -0.39 is 0 Å². The lowest BCUT2D eigenvalue weighted by atomic mass is 10.1. The normalized spacial score (nSPS) is 14.5. The van der Waals surface area contributed by atoms with E-state index in [2.05, 4.69) is 20.5 Å². The number of aryl methyl sites for hydroxylation is 1. The molecule has 0 atom stereocenters. The Morgan fingerprint density at radius 1 is 1.29 bits per heavy atom. The zero-order valence-electron chi connectivity index (χ0n) is 18.7. The standard InChI is InChI=1S/C22H34N8O/c1-4-17(24)19-20(26-10-13-31-5-2)21(27-18-14-15(3)6-9-25-18)29-22(28-19)30-11-7-16(23)8-12-30/h6,9,14,16,24,26H,4-5,7-8,10-13,23H2,1-3H3,(H,25,27,28,29). The molecule has 2 aromatic rings. The third-order valence-corrected chi connectivity index (χ3v) is 5.27. The molecule has 1 saturated heterocycles. The SMILES string of the molecule is CCOCCNc1c(Nc2cc(C)ccn2)nc(N2CCC(N)CC2)nc1C(=N)CC. The second-order valence-corrected chi connectivity index (χ2v) is 7.72. The number of rotatable bonds is 10. The Hall–Kier alpha value is -2.78. The Kier molecular flexibility index (Phi) is 8.13. The fourth-order valence-corrected chi connectivity index (χ4v) is 3.45. The van der Waals surface area contributed by atoms with Crippen molar-refractivity contribution in [1.82, 2.24) is 15.0 Å². The van der Waals surface area contributed by atoms with E-state index in [0.717, 1.165) is 31.5 Å². The van der Waals surface area contributed by atoms with Crippen molar-refractivity contribution in [3.05, 3.63) is 29.6 Å². The van der Waals surface area contributed by atoms with Crippen LogP contribution in [-0.2, 0) is 4.74 Å². The quantitative estimate of drug-likeness (QED) is 0.337. The van der Waals surface area contributed by atoms with E-state index in [4.69, 9.17) is 25.8 Å². The van der Waals surface area contributed by atoms with Gasteiger partial charge in [0.1, 0.15) is 17.2 Å². The first-order valence-corrected chi connectivity index (χ1v) is 11.0. The summed E-state index contributed by atoms with van der Waals surface area (Å²) in [6.45, 7) is 9.37. The van der Waals surface area contributed by atoms with Crippen LogP contribution in [0.5, 0.6) is 0 Å². The van der Waals surface area contributed by atoms with Crippen LogP contribution in [0.3, 0.4) is 0 Å². The molecule has 9 heteroatoms. The number of pyridine rings is 1. The van der Waals surface area contributed by atoms with Crippen LogP contribution in [-0.4, -0.2) is 59.6 Å². The number of hydrogen-bond acceptors (Lipinski definition) is 9. The summed E-state index contributed by atoms with van der Waals surface area (Å²) >= 11 is 0. The highest BCUT2D eigenvalue weighted by molar-refractivity contribution is 6.03. The van der Waals surface area contributed by atoms with Crippen molar-refractivity contribution < 1.29 is 4.74 Å². The molecule has 3 heterocycles. The van der Waals surface area contributed by atoms with Crippen LogP contribution in [0.4, 0.5) is 23.3 Å². The summed E-state index contributed by atoms with van der Waals surface area (Å²) in [4.78, 5) is 16.2. The van der Waals surface area contributed by atoms with Gasteiger partial charge in [0.15, 0.2) is 5.82 Å². The molecule has 31 heavy (non-hydrogen) atoms. The first-order valence-electron chi connectivity index (χ1n) is 11.0. The summed E-state index contributed by atoms with van der Waals surface area (Å²) in [5, 5.41) is 15.3. The van der Waals surface area contributed by atoms with Crippen molar-refractivity contribution in [3.63, 3.8) is 0 Å². The molecule has 2 aromatic heterocycles. The van der Waals surface area contributed by atoms with Gasteiger partial charge in [0, 0.05) is 38.5 Å². The van der Waals surface area contributed by atoms with Gasteiger partial charge in [0.25, 0.3) is 0 Å². The smallest absolute Gasteiger partial charge is 0.228 e. The minimum absolute atomic E-state index is 0.221. The molecule has 0 radical (unpaired) electrons. The predicted octanol–water partition coefficient (Wildman–Crippen LogP) is 3.08. The van der Waals surface area contributed by atoms with Gasteiger partial charge in [0.05, 0.1) is 12.3 Å². The van der Waals surface area contributed by atoms with E-state index in [-0.39, 0.29) is 6.04 Å². The topological polar surface area (TPSA) is 125 Å². The van der Waals surface area contributed by atoms with E-state index in [1.165, 1.54) is 0 Å². The van der Waals surface area contributed by atoms with Crippen molar-refractivity contribution in [3.8, 4) is 0 Å². The van der Waals surface area contributed by atoms with Gasteiger partial charge < -0.3 is 31.4 Å². The summed E-state index contributed by atoms with van der Waals surface area (Å²) in [5.74, 6) is 1.93. The summed E-state index contributed by atoms with van der Waals surface area (Å²) in [6, 6.07) is 4.14. The van der Waals surface area contributed by atoms with Crippen LogP contribution < -0.4 is 21.3 Å². The fourth-order valence-electron chi connectivity index (χ4n) is 3.45. The van der Waals surface area contributed by atoms with Crippen LogP contribution in [0.15, 0.2) is 18.3 Å². The number of nitrogens with zero attached hydrogens (tertiary/aromatic N) is 4. The highest BCUT2D eigenvalue weighted by Gasteiger charge is 2.23. The van der Waals surface area contributed by atoms with E-state index in [1.54, 1.807) is 6.20 Å². The third kappa shape index (κ3) is 6.11. The molecule has 1 fully saturated rings. The lowest BCUT2D eigenvalue weighted by Crippen LogP contribution is -2.40. The van der Waals surface area contributed by atoms with Gasteiger partial charge in [-0.05, 0) is 50.8 Å². The molecule has 1 aliphatic heterocycles. The summed E-state index contributed by atoms with van der Waals surface area (Å²) in [5.41, 5.74) is 8.94. The maximum atomic E-state index is 8.55. The Labute approximate surface area is 184 Å².